The molecule has 10 heteroatoms. The SMILES string of the molecule is CC(C)CCCCCCCOC(=O)CC(C(=O)O)S(=O)(=O)O.[NaH].[NaH]. The van der Waals surface area contributed by atoms with Crippen LogP contribution < -0.4 is 0 Å². The Kier molecular flexibility index (Phi) is 19.8. The van der Waals surface area contributed by atoms with E-state index in [4.69, 9.17) is 14.4 Å². The average molecular weight is 386 g/mol. The summed E-state index contributed by atoms with van der Waals surface area (Å²) in [5.41, 5.74) is 0. The molecule has 0 fully saturated rings. The predicted molar refractivity (Wildman–Crippen MR) is 95.4 cm³/mol. The standard InChI is InChI=1S/C14H26O7S.2Na.2H/c1-11(2)8-6-4-3-5-7-9-21-13(15)10-12(14(16)17)22(18,19)20;;;;/h11-12H,3-10H2,1-2H3,(H,16,17)(H,18,19,20);;;;. The van der Waals surface area contributed by atoms with Crippen LogP contribution in [0, 0.1) is 5.92 Å². The van der Waals surface area contributed by atoms with Crippen molar-refractivity contribution in [1.29, 1.82) is 0 Å². The van der Waals surface area contributed by atoms with E-state index in [9.17, 15) is 18.0 Å². The van der Waals surface area contributed by atoms with Gasteiger partial charge in [0.05, 0.1) is 13.0 Å². The Labute approximate surface area is 188 Å². The topological polar surface area (TPSA) is 118 Å². The van der Waals surface area contributed by atoms with Crippen molar-refractivity contribution in [2.45, 2.75) is 64.0 Å². The Hall–Kier alpha value is 0.850. The van der Waals surface area contributed by atoms with Gasteiger partial charge in [-0.2, -0.15) is 8.42 Å². The average Bonchev–Trinajstić information content (AvgIpc) is 2.37. The van der Waals surface area contributed by atoms with Crippen LogP contribution >= 0.6 is 0 Å². The van der Waals surface area contributed by atoms with Gasteiger partial charge in [-0.1, -0.05) is 46.0 Å². The first-order chi connectivity index (χ1) is 10.1. The van der Waals surface area contributed by atoms with Crippen LogP contribution in [0.4, 0.5) is 0 Å². The zero-order valence-electron chi connectivity index (χ0n) is 13.2. The molecule has 0 heterocycles. The molecule has 1 atom stereocenters. The van der Waals surface area contributed by atoms with E-state index >= 15 is 0 Å². The van der Waals surface area contributed by atoms with Crippen molar-refractivity contribution in [3.8, 4) is 0 Å². The van der Waals surface area contributed by atoms with Gasteiger partial charge in [0.15, 0.2) is 5.25 Å². The maximum absolute atomic E-state index is 11.4. The summed E-state index contributed by atoms with van der Waals surface area (Å²) < 4.78 is 35.1. The molecule has 0 aliphatic carbocycles. The molecule has 1 unspecified atom stereocenters. The fourth-order valence-electron chi connectivity index (χ4n) is 1.90. The number of carbonyl (C=O) groups is 2. The van der Waals surface area contributed by atoms with Crippen LogP contribution in [0.2, 0.25) is 0 Å². The molecule has 0 aromatic carbocycles. The van der Waals surface area contributed by atoms with E-state index in [1.165, 1.54) is 12.8 Å². The van der Waals surface area contributed by atoms with Crippen LogP contribution in [0.25, 0.3) is 0 Å². The Bertz CT molecular complexity index is 452. The first-order valence-corrected chi connectivity index (χ1v) is 8.99. The number of ether oxygens (including phenoxy) is 1. The summed E-state index contributed by atoms with van der Waals surface area (Å²) in [6.45, 7) is 4.48. The Morgan fingerprint density at radius 3 is 1.96 bits per heavy atom. The Morgan fingerprint density at radius 1 is 1.00 bits per heavy atom. The first kappa shape index (κ1) is 29.6. The van der Waals surface area contributed by atoms with Gasteiger partial charge in [0.1, 0.15) is 0 Å². The van der Waals surface area contributed by atoms with Gasteiger partial charge in [-0.25, -0.2) is 0 Å². The second-order valence-corrected chi connectivity index (χ2v) is 7.32. The van der Waals surface area contributed by atoms with Gasteiger partial charge in [-0.3, -0.25) is 14.1 Å². The van der Waals surface area contributed by atoms with Crippen molar-refractivity contribution in [3.63, 3.8) is 0 Å². The number of esters is 1. The van der Waals surface area contributed by atoms with Crippen LogP contribution in [0.1, 0.15) is 58.8 Å². The van der Waals surface area contributed by atoms with E-state index in [2.05, 4.69) is 13.8 Å². The molecule has 0 saturated heterocycles. The molecule has 0 spiro atoms. The van der Waals surface area contributed by atoms with Crippen molar-refractivity contribution in [2.24, 2.45) is 5.92 Å². The van der Waals surface area contributed by atoms with Crippen LogP contribution in [0.3, 0.4) is 0 Å². The van der Waals surface area contributed by atoms with Gasteiger partial charge in [0.2, 0.25) is 0 Å². The quantitative estimate of drug-likeness (QED) is 0.222. The Balaban J connectivity index is -0.00000220. The molecule has 134 valence electrons. The Morgan fingerprint density at radius 2 is 1.50 bits per heavy atom. The van der Waals surface area contributed by atoms with Gasteiger partial charge in [0, 0.05) is 0 Å². The molecular formula is C14H28Na2O7S. The van der Waals surface area contributed by atoms with Gasteiger partial charge >= 0.3 is 71.1 Å². The zero-order valence-corrected chi connectivity index (χ0v) is 14.0. The van der Waals surface area contributed by atoms with Gasteiger partial charge in [0.25, 0.3) is 10.1 Å². The molecule has 0 bridgehead atoms. The molecule has 7 nitrogen and oxygen atoms in total. The van der Waals surface area contributed by atoms with E-state index in [1.807, 2.05) is 0 Å². The molecule has 0 amide bonds. The number of carboxylic acids is 1. The van der Waals surface area contributed by atoms with Crippen LogP contribution in [-0.4, -0.2) is 101 Å². The fraction of sp³-hybridized carbons (Fsp3) is 0.857. The normalized spacial score (nSPS) is 12.0. The monoisotopic (exact) mass is 386 g/mol. The number of rotatable bonds is 12. The molecule has 24 heavy (non-hydrogen) atoms. The summed E-state index contributed by atoms with van der Waals surface area (Å²) in [5, 5.41) is 6.47. The summed E-state index contributed by atoms with van der Waals surface area (Å²) in [4.78, 5) is 22.0. The van der Waals surface area contributed by atoms with Gasteiger partial charge in [-0.05, 0) is 12.3 Å². The number of carbonyl (C=O) groups excluding carboxylic acids is 1. The van der Waals surface area contributed by atoms with Crippen LogP contribution in [0.5, 0.6) is 0 Å². The third kappa shape index (κ3) is 16.3. The minimum absolute atomic E-state index is 0. The summed E-state index contributed by atoms with van der Waals surface area (Å²) in [5.74, 6) is -2.01. The van der Waals surface area contributed by atoms with Crippen molar-refractivity contribution < 1.29 is 32.4 Å². The molecule has 0 aromatic rings. The molecular weight excluding hydrogens is 358 g/mol. The number of hydrogen-bond acceptors (Lipinski definition) is 5. The number of hydrogen-bond donors (Lipinski definition) is 2. The second kappa shape index (κ2) is 16.1. The first-order valence-electron chi connectivity index (χ1n) is 7.49. The molecule has 0 aromatic heterocycles. The van der Waals surface area contributed by atoms with E-state index in [0.29, 0.717) is 12.3 Å². The van der Waals surface area contributed by atoms with Crippen LogP contribution in [-0.2, 0) is 24.4 Å². The third-order valence-electron chi connectivity index (χ3n) is 3.18. The summed E-state index contributed by atoms with van der Waals surface area (Å²) in [7, 11) is -4.81. The molecule has 0 radical (unpaired) electrons. The summed E-state index contributed by atoms with van der Waals surface area (Å²) in [6.07, 6.45) is 5.18. The van der Waals surface area contributed by atoms with Crippen molar-refractivity contribution in [1.82, 2.24) is 0 Å². The van der Waals surface area contributed by atoms with Crippen molar-refractivity contribution in [3.05, 3.63) is 0 Å². The van der Waals surface area contributed by atoms with E-state index < -0.39 is 33.7 Å². The summed E-state index contributed by atoms with van der Waals surface area (Å²) >= 11 is 0. The van der Waals surface area contributed by atoms with Gasteiger partial charge < -0.3 is 9.84 Å². The van der Waals surface area contributed by atoms with Crippen LogP contribution in [0.15, 0.2) is 0 Å². The molecule has 0 saturated carbocycles. The fourth-order valence-corrected chi connectivity index (χ4v) is 2.50. The maximum atomic E-state index is 11.4. The van der Waals surface area contributed by atoms with E-state index in [-0.39, 0.29) is 65.7 Å². The molecule has 0 rings (SSSR count). The molecule has 0 aliphatic heterocycles. The second-order valence-electron chi connectivity index (χ2n) is 5.72. The van der Waals surface area contributed by atoms with E-state index in [1.54, 1.807) is 0 Å². The number of carboxylic acid groups (broad SMARTS) is 1. The molecule has 2 N–H and O–H groups in total. The summed E-state index contributed by atoms with van der Waals surface area (Å²) in [6, 6.07) is 0. The van der Waals surface area contributed by atoms with Crippen molar-refractivity contribution >= 4 is 81.2 Å². The predicted octanol–water partition coefficient (Wildman–Crippen LogP) is 0.960. The third-order valence-corrected chi connectivity index (χ3v) is 4.26. The van der Waals surface area contributed by atoms with Gasteiger partial charge in [-0.15, -0.1) is 0 Å². The number of aliphatic carboxylic acids is 1. The number of unbranched alkanes of at least 4 members (excludes halogenated alkanes) is 4. The minimum atomic E-state index is -4.81. The zero-order chi connectivity index (χ0) is 17.2. The van der Waals surface area contributed by atoms with E-state index in [0.717, 1.165) is 19.3 Å². The van der Waals surface area contributed by atoms with Crippen molar-refractivity contribution in [2.75, 3.05) is 6.61 Å². The molecule has 0 aliphatic rings.